The van der Waals surface area contributed by atoms with Gasteiger partial charge in [0.2, 0.25) is 5.91 Å². The number of carbonyl (C=O) groups is 2. The predicted molar refractivity (Wildman–Crippen MR) is 69.4 cm³/mol. The largest absolute Gasteiger partial charge is 0.493 e. The minimum absolute atomic E-state index is 0.170. The maximum Gasteiger partial charge on any atom is 0.251 e. The summed E-state index contributed by atoms with van der Waals surface area (Å²) in [5, 5.41) is 3.03. The molecule has 0 bridgehead atoms. The highest BCUT2D eigenvalue weighted by Gasteiger charge is 2.35. The molecule has 0 radical (unpaired) electrons. The number of nitrogens with one attached hydrogen (secondary N) is 1. The normalized spacial score (nSPS) is 18.7. The monoisotopic (exact) mass is 264 g/mol. The van der Waals surface area contributed by atoms with E-state index in [4.69, 9.17) is 9.47 Å². The van der Waals surface area contributed by atoms with Crippen molar-refractivity contribution in [3.8, 4) is 11.5 Å². The lowest BCUT2D eigenvalue weighted by Crippen LogP contribution is -2.31. The Hall–Kier alpha value is -2.24. The second kappa shape index (κ2) is 5.17. The molecule has 0 aromatic heterocycles. The Bertz CT molecular complexity index is 515. The third-order valence-electron chi connectivity index (χ3n) is 3.11. The van der Waals surface area contributed by atoms with E-state index in [1.54, 1.807) is 32.4 Å². The van der Waals surface area contributed by atoms with E-state index >= 15 is 0 Å². The van der Waals surface area contributed by atoms with E-state index in [-0.39, 0.29) is 18.2 Å². The Balaban J connectivity index is 2.16. The fraction of sp³-hybridized carbons (Fsp3) is 0.385. The standard InChI is InChI=1S/C13H16N2O4/c1-15-12(16)7-9(13(15)17)14-8-4-5-10(18-2)11(6-8)19-3/h4-6,9,14H,7H2,1-3H3/t9-/m0/s1. The van der Waals surface area contributed by atoms with Crippen molar-refractivity contribution >= 4 is 17.5 Å². The van der Waals surface area contributed by atoms with Crippen molar-refractivity contribution in [2.45, 2.75) is 12.5 Å². The van der Waals surface area contributed by atoms with Crippen molar-refractivity contribution in [2.24, 2.45) is 0 Å². The molecule has 102 valence electrons. The lowest BCUT2D eigenvalue weighted by molar-refractivity contribution is -0.136. The second-order valence-corrected chi connectivity index (χ2v) is 4.26. The van der Waals surface area contributed by atoms with Gasteiger partial charge in [0.25, 0.3) is 5.91 Å². The maximum atomic E-state index is 11.8. The van der Waals surface area contributed by atoms with Gasteiger partial charge in [0.15, 0.2) is 11.5 Å². The van der Waals surface area contributed by atoms with Crippen LogP contribution in [-0.2, 0) is 9.59 Å². The number of imide groups is 1. The summed E-state index contributed by atoms with van der Waals surface area (Å²) in [6, 6.07) is 4.73. The highest BCUT2D eigenvalue weighted by molar-refractivity contribution is 6.06. The molecule has 1 N–H and O–H groups in total. The number of likely N-dealkylation sites (tertiary alicyclic amines) is 1. The average Bonchev–Trinajstić information content (AvgIpc) is 2.66. The smallest absolute Gasteiger partial charge is 0.251 e. The molecule has 2 amide bonds. The van der Waals surface area contributed by atoms with Crippen LogP contribution >= 0.6 is 0 Å². The van der Waals surface area contributed by atoms with Crippen LogP contribution in [0, 0.1) is 0 Å². The summed E-state index contributed by atoms with van der Waals surface area (Å²) in [6.07, 6.45) is 0.170. The van der Waals surface area contributed by atoms with Gasteiger partial charge >= 0.3 is 0 Å². The summed E-state index contributed by atoms with van der Waals surface area (Å²) < 4.78 is 10.3. The van der Waals surface area contributed by atoms with Crippen LogP contribution in [-0.4, -0.2) is 44.0 Å². The van der Waals surface area contributed by atoms with Gasteiger partial charge in [0.05, 0.1) is 20.6 Å². The van der Waals surface area contributed by atoms with Gasteiger partial charge in [-0.25, -0.2) is 0 Å². The van der Waals surface area contributed by atoms with Crippen molar-refractivity contribution < 1.29 is 19.1 Å². The van der Waals surface area contributed by atoms with Gasteiger partial charge in [0.1, 0.15) is 6.04 Å². The molecule has 0 spiro atoms. The number of hydrogen-bond donors (Lipinski definition) is 1. The Morgan fingerprint density at radius 2 is 1.89 bits per heavy atom. The topological polar surface area (TPSA) is 67.9 Å². The molecule has 1 atom stereocenters. The quantitative estimate of drug-likeness (QED) is 0.817. The van der Waals surface area contributed by atoms with Crippen molar-refractivity contribution in [2.75, 3.05) is 26.6 Å². The molecule has 19 heavy (non-hydrogen) atoms. The molecule has 1 aliphatic heterocycles. The number of carbonyl (C=O) groups excluding carboxylic acids is 2. The number of nitrogens with zero attached hydrogens (tertiary/aromatic N) is 1. The maximum absolute atomic E-state index is 11.8. The number of hydrogen-bond acceptors (Lipinski definition) is 5. The van der Waals surface area contributed by atoms with E-state index in [1.165, 1.54) is 7.05 Å². The first-order valence-electron chi connectivity index (χ1n) is 5.85. The Morgan fingerprint density at radius 3 is 2.42 bits per heavy atom. The number of anilines is 1. The van der Waals surface area contributed by atoms with Crippen LogP contribution in [0.5, 0.6) is 11.5 Å². The van der Waals surface area contributed by atoms with E-state index in [2.05, 4.69) is 5.32 Å². The molecule has 0 saturated carbocycles. The van der Waals surface area contributed by atoms with Crippen LogP contribution in [0.4, 0.5) is 5.69 Å². The molecule has 1 aliphatic rings. The SMILES string of the molecule is COc1ccc(N[C@H]2CC(=O)N(C)C2=O)cc1OC. The van der Waals surface area contributed by atoms with Gasteiger partial charge in [-0.3, -0.25) is 14.5 Å². The van der Waals surface area contributed by atoms with E-state index in [9.17, 15) is 9.59 Å². The molecule has 1 saturated heterocycles. The Labute approximate surface area is 111 Å². The van der Waals surface area contributed by atoms with Crippen LogP contribution in [0.15, 0.2) is 18.2 Å². The fourth-order valence-corrected chi connectivity index (χ4v) is 2.00. The van der Waals surface area contributed by atoms with Crippen LogP contribution in [0.1, 0.15) is 6.42 Å². The van der Waals surface area contributed by atoms with Gasteiger partial charge in [-0.2, -0.15) is 0 Å². The minimum Gasteiger partial charge on any atom is -0.493 e. The van der Waals surface area contributed by atoms with Crippen LogP contribution < -0.4 is 14.8 Å². The van der Waals surface area contributed by atoms with E-state index in [1.807, 2.05) is 0 Å². The zero-order valence-corrected chi connectivity index (χ0v) is 11.1. The van der Waals surface area contributed by atoms with Crippen molar-refractivity contribution in [3.63, 3.8) is 0 Å². The summed E-state index contributed by atoms with van der Waals surface area (Å²) in [7, 11) is 4.58. The van der Waals surface area contributed by atoms with Gasteiger partial charge in [-0.05, 0) is 12.1 Å². The first-order valence-corrected chi connectivity index (χ1v) is 5.85. The predicted octanol–water partition coefficient (Wildman–Crippen LogP) is 0.873. The third kappa shape index (κ3) is 2.47. The molecule has 1 fully saturated rings. The minimum atomic E-state index is -0.518. The average molecular weight is 264 g/mol. The molecular formula is C13H16N2O4. The number of benzene rings is 1. The van der Waals surface area contributed by atoms with E-state index < -0.39 is 6.04 Å². The highest BCUT2D eigenvalue weighted by Crippen LogP contribution is 2.30. The van der Waals surface area contributed by atoms with Crippen molar-refractivity contribution in [1.29, 1.82) is 0 Å². The molecule has 0 unspecified atom stereocenters. The molecular weight excluding hydrogens is 248 g/mol. The van der Waals surface area contributed by atoms with Gasteiger partial charge in [-0.15, -0.1) is 0 Å². The molecule has 1 heterocycles. The summed E-state index contributed by atoms with van der Waals surface area (Å²) in [4.78, 5) is 24.4. The third-order valence-corrected chi connectivity index (χ3v) is 3.11. The van der Waals surface area contributed by atoms with Crippen LogP contribution in [0.2, 0.25) is 0 Å². The van der Waals surface area contributed by atoms with Crippen LogP contribution in [0.3, 0.4) is 0 Å². The molecule has 1 aromatic carbocycles. The summed E-state index contributed by atoms with van der Waals surface area (Å²) in [6.45, 7) is 0. The number of likely N-dealkylation sites (N-methyl/N-ethyl adjacent to an activating group) is 1. The molecule has 6 nitrogen and oxygen atoms in total. The summed E-state index contributed by atoms with van der Waals surface area (Å²) in [5.41, 5.74) is 0.708. The number of ether oxygens (including phenoxy) is 2. The molecule has 6 heteroatoms. The summed E-state index contributed by atoms with van der Waals surface area (Å²) >= 11 is 0. The van der Waals surface area contributed by atoms with Crippen molar-refractivity contribution in [1.82, 2.24) is 4.90 Å². The molecule has 1 aromatic rings. The van der Waals surface area contributed by atoms with Crippen LogP contribution in [0.25, 0.3) is 0 Å². The Kier molecular flexibility index (Phi) is 3.59. The zero-order valence-electron chi connectivity index (χ0n) is 11.1. The Morgan fingerprint density at radius 1 is 1.21 bits per heavy atom. The lowest BCUT2D eigenvalue weighted by Gasteiger charge is -2.14. The van der Waals surface area contributed by atoms with E-state index in [0.717, 1.165) is 4.90 Å². The molecule has 2 rings (SSSR count). The second-order valence-electron chi connectivity index (χ2n) is 4.26. The van der Waals surface area contributed by atoms with Gasteiger partial charge in [0, 0.05) is 18.8 Å². The van der Waals surface area contributed by atoms with Gasteiger partial charge < -0.3 is 14.8 Å². The zero-order chi connectivity index (χ0) is 14.0. The van der Waals surface area contributed by atoms with E-state index in [0.29, 0.717) is 17.2 Å². The highest BCUT2D eigenvalue weighted by atomic mass is 16.5. The summed E-state index contributed by atoms with van der Waals surface area (Å²) in [5.74, 6) is 0.777. The van der Waals surface area contributed by atoms with Gasteiger partial charge in [-0.1, -0.05) is 0 Å². The number of rotatable bonds is 4. The first-order chi connectivity index (χ1) is 9.06. The lowest BCUT2D eigenvalue weighted by atomic mass is 10.2. The molecule has 0 aliphatic carbocycles. The number of amides is 2. The fourth-order valence-electron chi connectivity index (χ4n) is 2.00. The number of methoxy groups -OCH3 is 2. The van der Waals surface area contributed by atoms with Crippen molar-refractivity contribution in [3.05, 3.63) is 18.2 Å². The first kappa shape index (κ1) is 13.2.